The van der Waals surface area contributed by atoms with Gasteiger partial charge in [0.15, 0.2) is 5.78 Å². The number of amides is 1. The van der Waals surface area contributed by atoms with Crippen LogP contribution in [0.4, 0.5) is 5.69 Å². The maximum Gasteiger partial charge on any atom is 0.270 e. The van der Waals surface area contributed by atoms with E-state index < -0.39 is 4.92 Å². The first-order chi connectivity index (χ1) is 12.0. The summed E-state index contributed by atoms with van der Waals surface area (Å²) in [5.74, 6) is -0.443. The topological polar surface area (TPSA) is 89.3 Å². The Labute approximate surface area is 143 Å². The van der Waals surface area contributed by atoms with Crippen LogP contribution < -0.4 is 5.32 Å². The van der Waals surface area contributed by atoms with Crippen LogP contribution >= 0.6 is 0 Å². The number of nitrogens with one attached hydrogen (secondary N) is 1. The minimum absolute atomic E-state index is 0.0518. The Morgan fingerprint density at radius 2 is 1.84 bits per heavy atom. The predicted molar refractivity (Wildman–Crippen MR) is 93.6 cm³/mol. The highest BCUT2D eigenvalue weighted by Gasteiger charge is 2.23. The van der Waals surface area contributed by atoms with Gasteiger partial charge in [0.05, 0.1) is 4.92 Å². The van der Waals surface area contributed by atoms with Crippen LogP contribution in [0.3, 0.4) is 0 Å². The van der Waals surface area contributed by atoms with Gasteiger partial charge in [-0.2, -0.15) is 0 Å². The number of rotatable bonds is 3. The molecule has 0 saturated carbocycles. The molecule has 0 aliphatic heterocycles. The van der Waals surface area contributed by atoms with Crippen molar-refractivity contribution >= 4 is 29.2 Å². The largest absolute Gasteiger partial charge is 0.326 e. The Morgan fingerprint density at radius 1 is 1.12 bits per heavy atom. The minimum Gasteiger partial charge on any atom is -0.326 e. The summed E-state index contributed by atoms with van der Waals surface area (Å²) in [6.45, 7) is 1.39. The van der Waals surface area contributed by atoms with Crippen molar-refractivity contribution in [3.8, 4) is 0 Å². The summed E-state index contributed by atoms with van der Waals surface area (Å²) in [5.41, 5.74) is 2.49. The highest BCUT2D eigenvalue weighted by molar-refractivity contribution is 6.19. The molecule has 2 aromatic rings. The number of nitrogens with zero attached hydrogens (tertiary/aromatic N) is 1. The van der Waals surface area contributed by atoms with E-state index in [4.69, 9.17) is 0 Å². The van der Waals surface area contributed by atoms with E-state index in [0.29, 0.717) is 28.0 Å². The standard InChI is InChI=1S/C19H14N2O4/c1-12(22)20-18-11-14(19(23)17-8-3-2-7-16(17)18)9-13-5-4-6-15(10-13)21(24)25/h2-11H,1H3,(H,20,22). The molecule has 1 aliphatic rings. The number of nitro groups is 1. The average molecular weight is 334 g/mol. The summed E-state index contributed by atoms with van der Waals surface area (Å²) >= 11 is 0. The van der Waals surface area contributed by atoms with Gasteiger partial charge in [0, 0.05) is 41.5 Å². The number of hydrogen-bond donors (Lipinski definition) is 1. The normalized spacial score (nSPS) is 14.7. The van der Waals surface area contributed by atoms with E-state index in [-0.39, 0.29) is 17.4 Å². The zero-order valence-electron chi connectivity index (χ0n) is 13.4. The van der Waals surface area contributed by atoms with E-state index in [2.05, 4.69) is 5.32 Å². The highest BCUT2D eigenvalue weighted by atomic mass is 16.6. The smallest absolute Gasteiger partial charge is 0.270 e. The molecular formula is C19H14N2O4. The van der Waals surface area contributed by atoms with Crippen LogP contribution in [0.2, 0.25) is 0 Å². The second-order valence-corrected chi connectivity index (χ2v) is 5.57. The predicted octanol–water partition coefficient (Wildman–Crippen LogP) is 3.35. The summed E-state index contributed by atoms with van der Waals surface area (Å²) in [7, 11) is 0. The molecule has 25 heavy (non-hydrogen) atoms. The minimum atomic E-state index is -0.488. The molecule has 6 heteroatoms. The first-order valence-corrected chi connectivity index (χ1v) is 7.55. The number of benzene rings is 2. The number of ketones is 1. The van der Waals surface area contributed by atoms with Crippen molar-refractivity contribution in [2.75, 3.05) is 0 Å². The Morgan fingerprint density at radius 3 is 2.52 bits per heavy atom. The lowest BCUT2D eigenvalue weighted by Crippen LogP contribution is -2.23. The van der Waals surface area contributed by atoms with E-state index in [1.54, 1.807) is 48.6 Å². The third-order valence-corrected chi connectivity index (χ3v) is 3.74. The Bertz CT molecular complexity index is 957. The molecule has 0 heterocycles. The van der Waals surface area contributed by atoms with Gasteiger partial charge in [-0.1, -0.05) is 36.4 Å². The van der Waals surface area contributed by atoms with E-state index in [1.807, 2.05) is 0 Å². The van der Waals surface area contributed by atoms with Gasteiger partial charge in [0.25, 0.3) is 5.69 Å². The number of hydrogen-bond acceptors (Lipinski definition) is 4. The van der Waals surface area contributed by atoms with Crippen molar-refractivity contribution in [1.29, 1.82) is 0 Å². The van der Waals surface area contributed by atoms with Gasteiger partial charge in [-0.15, -0.1) is 0 Å². The van der Waals surface area contributed by atoms with Crippen LogP contribution in [0.25, 0.3) is 11.8 Å². The number of non-ortho nitro benzene ring substituents is 1. The molecule has 0 radical (unpaired) electrons. The van der Waals surface area contributed by atoms with Crippen molar-refractivity contribution in [2.24, 2.45) is 0 Å². The number of allylic oxidation sites excluding steroid dienone is 2. The van der Waals surface area contributed by atoms with Crippen LogP contribution in [0.15, 0.2) is 60.2 Å². The summed E-state index contributed by atoms with van der Waals surface area (Å²) in [4.78, 5) is 34.6. The van der Waals surface area contributed by atoms with E-state index in [0.717, 1.165) is 0 Å². The maximum atomic E-state index is 12.7. The fourth-order valence-electron chi connectivity index (χ4n) is 2.68. The SMILES string of the molecule is CC(=O)NC1=CC(=Cc2cccc([N+](=O)[O-])c2)C(=O)c2ccccc21. The van der Waals surface area contributed by atoms with Gasteiger partial charge in [0.1, 0.15) is 0 Å². The molecule has 1 aliphatic carbocycles. The quantitative estimate of drug-likeness (QED) is 0.529. The van der Waals surface area contributed by atoms with E-state index in [9.17, 15) is 19.7 Å². The fourth-order valence-corrected chi connectivity index (χ4v) is 2.68. The molecule has 124 valence electrons. The van der Waals surface area contributed by atoms with Crippen molar-refractivity contribution in [1.82, 2.24) is 5.32 Å². The summed E-state index contributed by atoms with van der Waals surface area (Å²) in [6.07, 6.45) is 3.16. The maximum absolute atomic E-state index is 12.7. The van der Waals surface area contributed by atoms with E-state index in [1.165, 1.54) is 19.1 Å². The highest BCUT2D eigenvalue weighted by Crippen LogP contribution is 2.29. The summed E-state index contributed by atoms with van der Waals surface area (Å²) in [6, 6.07) is 13.0. The van der Waals surface area contributed by atoms with Crippen LogP contribution in [-0.4, -0.2) is 16.6 Å². The van der Waals surface area contributed by atoms with Gasteiger partial charge in [-0.25, -0.2) is 0 Å². The van der Waals surface area contributed by atoms with Gasteiger partial charge >= 0.3 is 0 Å². The van der Waals surface area contributed by atoms with Crippen molar-refractivity contribution in [3.05, 3.63) is 87.0 Å². The summed E-state index contributed by atoms with van der Waals surface area (Å²) < 4.78 is 0. The van der Waals surface area contributed by atoms with Gasteiger partial charge in [0.2, 0.25) is 5.91 Å². The average Bonchev–Trinajstić information content (AvgIpc) is 2.59. The Hall–Kier alpha value is -3.54. The number of nitro benzene ring substituents is 1. The molecule has 0 saturated heterocycles. The number of Topliss-reactive ketones (excluding diaryl/α,β-unsaturated/α-hetero) is 1. The zero-order chi connectivity index (χ0) is 18.0. The van der Waals surface area contributed by atoms with Gasteiger partial charge in [-0.05, 0) is 17.7 Å². The number of carbonyl (C=O) groups excluding carboxylic acids is 2. The second-order valence-electron chi connectivity index (χ2n) is 5.57. The first kappa shape index (κ1) is 16.3. The molecule has 1 N–H and O–H groups in total. The lowest BCUT2D eigenvalue weighted by molar-refractivity contribution is -0.384. The molecule has 3 rings (SSSR count). The Kier molecular flexibility index (Phi) is 4.26. The van der Waals surface area contributed by atoms with Gasteiger partial charge < -0.3 is 5.32 Å². The van der Waals surface area contributed by atoms with Crippen LogP contribution in [-0.2, 0) is 4.79 Å². The molecule has 2 aromatic carbocycles. The monoisotopic (exact) mass is 334 g/mol. The van der Waals surface area contributed by atoms with Crippen LogP contribution in [0.1, 0.15) is 28.4 Å². The third kappa shape index (κ3) is 3.37. The second kappa shape index (κ2) is 6.52. The van der Waals surface area contributed by atoms with Crippen molar-refractivity contribution in [3.63, 3.8) is 0 Å². The lowest BCUT2D eigenvalue weighted by Gasteiger charge is -2.19. The molecule has 6 nitrogen and oxygen atoms in total. The zero-order valence-corrected chi connectivity index (χ0v) is 13.4. The molecular weight excluding hydrogens is 320 g/mol. The summed E-state index contributed by atoms with van der Waals surface area (Å²) in [5, 5.41) is 13.6. The first-order valence-electron chi connectivity index (χ1n) is 7.55. The van der Waals surface area contributed by atoms with Gasteiger partial charge in [-0.3, -0.25) is 19.7 Å². The molecule has 0 aromatic heterocycles. The van der Waals surface area contributed by atoms with Crippen LogP contribution in [0.5, 0.6) is 0 Å². The Balaban J connectivity index is 2.10. The molecule has 0 unspecified atom stereocenters. The molecule has 0 fully saturated rings. The molecule has 0 spiro atoms. The molecule has 0 bridgehead atoms. The molecule has 1 amide bonds. The van der Waals surface area contributed by atoms with Crippen molar-refractivity contribution < 1.29 is 14.5 Å². The van der Waals surface area contributed by atoms with E-state index >= 15 is 0 Å². The lowest BCUT2D eigenvalue weighted by atomic mass is 9.89. The number of fused-ring (bicyclic) bond motifs is 1. The number of carbonyl (C=O) groups is 2. The molecule has 0 atom stereocenters. The fraction of sp³-hybridized carbons (Fsp3) is 0.0526. The van der Waals surface area contributed by atoms with Crippen molar-refractivity contribution in [2.45, 2.75) is 6.92 Å². The third-order valence-electron chi connectivity index (χ3n) is 3.74. The van der Waals surface area contributed by atoms with Crippen LogP contribution in [0, 0.1) is 10.1 Å².